The number of hydrogen-bond acceptors (Lipinski definition) is 7. The molecule has 4 aromatic rings. The van der Waals surface area contributed by atoms with Crippen LogP contribution in [-0.2, 0) is 4.74 Å². The first-order chi connectivity index (χ1) is 14.3. The Balaban J connectivity index is 1.49. The van der Waals surface area contributed by atoms with Crippen molar-refractivity contribution in [1.29, 1.82) is 0 Å². The van der Waals surface area contributed by atoms with Crippen LogP contribution in [-0.4, -0.2) is 44.2 Å². The number of aromatic nitrogens is 5. The van der Waals surface area contributed by atoms with Crippen molar-refractivity contribution < 1.29 is 4.74 Å². The summed E-state index contributed by atoms with van der Waals surface area (Å²) in [4.78, 5) is 16.6. The van der Waals surface area contributed by atoms with Crippen molar-refractivity contribution in [3.8, 4) is 11.3 Å². The predicted octanol–water partition coefficient (Wildman–Crippen LogP) is 2.30. The van der Waals surface area contributed by atoms with Gasteiger partial charge < -0.3 is 10.1 Å². The summed E-state index contributed by atoms with van der Waals surface area (Å²) < 4.78 is 7.19. The number of hydrogen-bond donors (Lipinski definition) is 1. The fourth-order valence-electron chi connectivity index (χ4n) is 3.57. The average Bonchev–Trinajstić information content (AvgIpc) is 3.23. The van der Waals surface area contributed by atoms with E-state index in [0.717, 1.165) is 16.3 Å². The molecule has 2 unspecified atom stereocenters. The zero-order valence-corrected chi connectivity index (χ0v) is 15.5. The van der Waals surface area contributed by atoms with Gasteiger partial charge >= 0.3 is 0 Å². The van der Waals surface area contributed by atoms with Gasteiger partial charge in [0.25, 0.3) is 5.56 Å². The third kappa shape index (κ3) is 3.34. The van der Waals surface area contributed by atoms with Crippen LogP contribution in [0.5, 0.6) is 0 Å². The van der Waals surface area contributed by atoms with Gasteiger partial charge in [0.1, 0.15) is 6.04 Å². The van der Waals surface area contributed by atoms with E-state index in [2.05, 4.69) is 25.6 Å². The first-order valence-electron chi connectivity index (χ1n) is 9.34. The highest BCUT2D eigenvalue weighted by Crippen LogP contribution is 2.26. The number of benzene rings is 1. The number of fused-ring (bicyclic) bond motifs is 1. The van der Waals surface area contributed by atoms with Gasteiger partial charge in [0.2, 0.25) is 0 Å². The van der Waals surface area contributed by atoms with E-state index in [0.29, 0.717) is 24.7 Å². The summed E-state index contributed by atoms with van der Waals surface area (Å²) >= 11 is 0. The molecule has 8 nitrogen and oxygen atoms in total. The Morgan fingerprint density at radius 3 is 2.79 bits per heavy atom. The van der Waals surface area contributed by atoms with Crippen LogP contribution in [0.2, 0.25) is 0 Å². The van der Waals surface area contributed by atoms with Crippen LogP contribution in [0.4, 0.5) is 5.82 Å². The Labute approximate surface area is 166 Å². The Kier molecular flexibility index (Phi) is 4.45. The van der Waals surface area contributed by atoms with Crippen molar-refractivity contribution in [3.63, 3.8) is 0 Å². The van der Waals surface area contributed by atoms with Gasteiger partial charge in [-0.05, 0) is 18.2 Å². The number of nitrogens with one attached hydrogen (secondary N) is 1. The zero-order valence-electron chi connectivity index (χ0n) is 15.5. The third-order valence-electron chi connectivity index (χ3n) is 5.06. The van der Waals surface area contributed by atoms with Crippen molar-refractivity contribution in [2.45, 2.75) is 12.1 Å². The lowest BCUT2D eigenvalue weighted by molar-refractivity contribution is 0.183. The van der Waals surface area contributed by atoms with Crippen LogP contribution in [0.15, 0.2) is 71.9 Å². The van der Waals surface area contributed by atoms with E-state index in [1.165, 1.54) is 10.7 Å². The summed E-state index contributed by atoms with van der Waals surface area (Å²) in [5.41, 5.74) is 1.44. The second kappa shape index (κ2) is 7.40. The van der Waals surface area contributed by atoms with Crippen LogP contribution in [0.25, 0.3) is 22.0 Å². The van der Waals surface area contributed by atoms with Crippen molar-refractivity contribution in [2.24, 2.45) is 0 Å². The maximum absolute atomic E-state index is 12.6. The second-order valence-electron chi connectivity index (χ2n) is 6.87. The summed E-state index contributed by atoms with van der Waals surface area (Å²) in [6.45, 7) is 0.839. The smallest absolute Gasteiger partial charge is 0.267 e. The minimum Gasteiger partial charge on any atom is -0.377 e. The van der Waals surface area contributed by atoms with E-state index in [9.17, 15) is 4.79 Å². The quantitative estimate of drug-likeness (QED) is 0.575. The molecule has 1 aliphatic heterocycles. The minimum absolute atomic E-state index is 0.159. The van der Waals surface area contributed by atoms with Gasteiger partial charge in [0.05, 0.1) is 31.1 Å². The van der Waals surface area contributed by atoms with Crippen LogP contribution >= 0.6 is 0 Å². The number of ether oxygens (including phenoxy) is 1. The fourth-order valence-corrected chi connectivity index (χ4v) is 3.57. The molecule has 144 valence electrons. The number of anilines is 1. The topological polar surface area (TPSA) is 94.8 Å². The number of nitrogens with zero attached hydrogens (tertiary/aromatic N) is 5. The molecule has 1 N–H and O–H groups in total. The molecule has 1 saturated heterocycles. The summed E-state index contributed by atoms with van der Waals surface area (Å²) in [6.07, 6.45) is 5.14. The lowest BCUT2D eigenvalue weighted by atomic mass is 10.1. The molecular formula is C21H18N6O2. The molecule has 0 spiro atoms. The van der Waals surface area contributed by atoms with Crippen LogP contribution in [0.3, 0.4) is 0 Å². The lowest BCUT2D eigenvalue weighted by Gasteiger charge is -2.21. The summed E-state index contributed by atoms with van der Waals surface area (Å²) in [7, 11) is 0. The third-order valence-corrected chi connectivity index (χ3v) is 5.06. The highest BCUT2D eigenvalue weighted by atomic mass is 16.5. The van der Waals surface area contributed by atoms with Gasteiger partial charge in [-0.15, -0.1) is 5.10 Å². The van der Waals surface area contributed by atoms with Gasteiger partial charge in [-0.25, -0.2) is 4.68 Å². The van der Waals surface area contributed by atoms with Gasteiger partial charge in [0, 0.05) is 34.8 Å². The Hall–Kier alpha value is -3.65. The Bertz CT molecular complexity index is 1210. The largest absolute Gasteiger partial charge is 0.377 e. The molecule has 8 heteroatoms. The van der Waals surface area contributed by atoms with Gasteiger partial charge in [0.15, 0.2) is 5.82 Å². The van der Waals surface area contributed by atoms with Crippen LogP contribution < -0.4 is 10.9 Å². The first-order valence-corrected chi connectivity index (χ1v) is 9.34. The number of rotatable bonds is 4. The SMILES string of the molecule is O=c1ccc(-c2ccncc2)nn1C1COCC1Nc1nncc2ccccc12. The summed E-state index contributed by atoms with van der Waals surface area (Å²) in [5, 5.41) is 18.3. The second-order valence-corrected chi connectivity index (χ2v) is 6.87. The van der Waals surface area contributed by atoms with E-state index in [1.807, 2.05) is 36.4 Å². The van der Waals surface area contributed by atoms with Gasteiger partial charge in [-0.3, -0.25) is 9.78 Å². The molecule has 0 radical (unpaired) electrons. The molecule has 3 aromatic heterocycles. The highest BCUT2D eigenvalue weighted by Gasteiger charge is 2.32. The molecule has 4 heterocycles. The molecule has 1 fully saturated rings. The van der Waals surface area contributed by atoms with E-state index in [1.54, 1.807) is 24.7 Å². The first kappa shape index (κ1) is 17.4. The van der Waals surface area contributed by atoms with E-state index >= 15 is 0 Å². The van der Waals surface area contributed by atoms with Crippen LogP contribution in [0.1, 0.15) is 6.04 Å². The van der Waals surface area contributed by atoms with Crippen molar-refractivity contribution >= 4 is 16.6 Å². The zero-order chi connectivity index (χ0) is 19.6. The Morgan fingerprint density at radius 1 is 1.03 bits per heavy atom. The average molecular weight is 386 g/mol. The minimum atomic E-state index is -0.259. The summed E-state index contributed by atoms with van der Waals surface area (Å²) in [6, 6.07) is 14.5. The van der Waals surface area contributed by atoms with Crippen LogP contribution in [0, 0.1) is 0 Å². The molecule has 29 heavy (non-hydrogen) atoms. The Morgan fingerprint density at radius 2 is 1.90 bits per heavy atom. The molecule has 5 rings (SSSR count). The van der Waals surface area contributed by atoms with E-state index in [4.69, 9.17) is 4.74 Å². The molecular weight excluding hydrogens is 368 g/mol. The lowest BCUT2D eigenvalue weighted by Crippen LogP contribution is -2.37. The van der Waals surface area contributed by atoms with E-state index < -0.39 is 0 Å². The molecule has 0 aliphatic carbocycles. The fraction of sp³-hybridized carbons (Fsp3) is 0.190. The highest BCUT2D eigenvalue weighted by molar-refractivity contribution is 5.90. The number of pyridine rings is 1. The van der Waals surface area contributed by atoms with Crippen molar-refractivity contribution in [2.75, 3.05) is 18.5 Å². The standard InChI is InChI=1S/C21H18N6O2/c28-20-6-5-17(14-7-9-22-10-8-14)26-27(20)19-13-29-12-18(19)24-21-16-4-2-1-3-15(16)11-23-25-21/h1-11,18-19H,12-13H2,(H,24,25). The van der Waals surface area contributed by atoms with Gasteiger partial charge in [-0.1, -0.05) is 24.3 Å². The molecule has 0 bridgehead atoms. The van der Waals surface area contributed by atoms with Crippen molar-refractivity contribution in [1.82, 2.24) is 25.0 Å². The summed E-state index contributed by atoms with van der Waals surface area (Å²) in [5.74, 6) is 0.668. The normalized spacial score (nSPS) is 18.8. The van der Waals surface area contributed by atoms with Gasteiger partial charge in [-0.2, -0.15) is 10.2 Å². The monoisotopic (exact) mass is 386 g/mol. The van der Waals surface area contributed by atoms with E-state index in [-0.39, 0.29) is 17.6 Å². The predicted molar refractivity (Wildman–Crippen MR) is 109 cm³/mol. The van der Waals surface area contributed by atoms with Crippen molar-refractivity contribution in [3.05, 3.63) is 77.5 Å². The molecule has 0 saturated carbocycles. The molecule has 2 atom stereocenters. The molecule has 0 amide bonds. The maximum Gasteiger partial charge on any atom is 0.267 e. The molecule has 1 aromatic carbocycles. The molecule has 1 aliphatic rings. The maximum atomic E-state index is 12.6.